The highest BCUT2D eigenvalue weighted by atomic mass is 19.3. The van der Waals surface area contributed by atoms with Gasteiger partial charge in [-0.2, -0.15) is 8.78 Å². The van der Waals surface area contributed by atoms with Crippen molar-refractivity contribution in [1.29, 1.82) is 0 Å². The smallest absolute Gasteiger partial charge is 0.387 e. The maximum atomic E-state index is 12.3. The van der Waals surface area contributed by atoms with Gasteiger partial charge in [0.25, 0.3) is 5.91 Å². The van der Waals surface area contributed by atoms with Gasteiger partial charge in [0, 0.05) is 24.0 Å². The van der Waals surface area contributed by atoms with Crippen molar-refractivity contribution in [2.24, 2.45) is 0 Å². The first-order valence-electron chi connectivity index (χ1n) is 6.16. The molecule has 2 N–H and O–H groups in total. The number of hydrogen-bond donors (Lipinski definition) is 1. The first-order valence-corrected chi connectivity index (χ1v) is 6.16. The molecule has 0 aliphatic heterocycles. The van der Waals surface area contributed by atoms with Gasteiger partial charge >= 0.3 is 6.61 Å². The molecule has 0 unspecified atom stereocenters. The summed E-state index contributed by atoms with van der Waals surface area (Å²) in [6.07, 6.45) is 0. The van der Waals surface area contributed by atoms with E-state index in [0.717, 1.165) is 0 Å². The molecule has 0 heterocycles. The fourth-order valence-electron chi connectivity index (χ4n) is 1.85. The van der Waals surface area contributed by atoms with E-state index >= 15 is 0 Å². The van der Waals surface area contributed by atoms with Crippen LogP contribution < -0.4 is 15.4 Å². The standard InChI is InChI=1S/C15H14F2N2O2/c1-19(12-6-3-5-11(18)9-12)14(20)10-4-2-7-13(8-10)21-15(16)17/h2-9,15H,18H2,1H3. The number of carbonyl (C=O) groups excluding carboxylic acids is 1. The van der Waals surface area contributed by atoms with Crippen molar-refractivity contribution in [3.63, 3.8) is 0 Å². The summed E-state index contributed by atoms with van der Waals surface area (Å²) in [6, 6.07) is 12.5. The molecule has 110 valence electrons. The van der Waals surface area contributed by atoms with Crippen LogP contribution in [0.1, 0.15) is 10.4 Å². The van der Waals surface area contributed by atoms with Crippen molar-refractivity contribution in [1.82, 2.24) is 0 Å². The summed E-state index contributed by atoms with van der Waals surface area (Å²) >= 11 is 0. The maximum absolute atomic E-state index is 12.3. The van der Waals surface area contributed by atoms with Crippen LogP contribution in [0.5, 0.6) is 5.75 Å². The molecule has 21 heavy (non-hydrogen) atoms. The van der Waals surface area contributed by atoms with Gasteiger partial charge in [-0.1, -0.05) is 12.1 Å². The molecule has 1 amide bonds. The molecule has 0 spiro atoms. The van der Waals surface area contributed by atoms with Gasteiger partial charge in [-0.3, -0.25) is 4.79 Å². The van der Waals surface area contributed by atoms with E-state index in [-0.39, 0.29) is 17.2 Å². The van der Waals surface area contributed by atoms with Gasteiger partial charge < -0.3 is 15.4 Å². The number of ether oxygens (including phenoxy) is 1. The van der Waals surface area contributed by atoms with Crippen LogP contribution in [0.25, 0.3) is 0 Å². The Morgan fingerprint density at radius 2 is 1.90 bits per heavy atom. The van der Waals surface area contributed by atoms with Crippen LogP contribution in [0.3, 0.4) is 0 Å². The van der Waals surface area contributed by atoms with E-state index in [1.54, 1.807) is 31.3 Å². The molecule has 0 aromatic heterocycles. The van der Waals surface area contributed by atoms with E-state index in [9.17, 15) is 13.6 Å². The van der Waals surface area contributed by atoms with E-state index in [4.69, 9.17) is 5.73 Å². The van der Waals surface area contributed by atoms with E-state index in [0.29, 0.717) is 11.4 Å². The average molecular weight is 292 g/mol. The Balaban J connectivity index is 2.23. The van der Waals surface area contributed by atoms with Crippen LogP contribution in [-0.4, -0.2) is 19.6 Å². The molecule has 0 fully saturated rings. The third kappa shape index (κ3) is 3.68. The van der Waals surface area contributed by atoms with Crippen molar-refractivity contribution >= 4 is 17.3 Å². The van der Waals surface area contributed by atoms with Gasteiger partial charge in [-0.15, -0.1) is 0 Å². The summed E-state index contributed by atoms with van der Waals surface area (Å²) in [5.74, 6) is -0.405. The largest absolute Gasteiger partial charge is 0.435 e. The lowest BCUT2D eigenvalue weighted by molar-refractivity contribution is -0.0498. The highest BCUT2D eigenvalue weighted by Crippen LogP contribution is 2.21. The van der Waals surface area contributed by atoms with Crippen LogP contribution >= 0.6 is 0 Å². The first kappa shape index (κ1) is 14.8. The first-order chi connectivity index (χ1) is 9.97. The zero-order valence-corrected chi connectivity index (χ0v) is 11.3. The van der Waals surface area contributed by atoms with Gasteiger partial charge in [0.1, 0.15) is 5.75 Å². The Hall–Kier alpha value is -2.63. The van der Waals surface area contributed by atoms with Crippen LogP contribution in [0.15, 0.2) is 48.5 Å². The summed E-state index contributed by atoms with van der Waals surface area (Å²) in [6.45, 7) is -2.93. The fourth-order valence-corrected chi connectivity index (χ4v) is 1.85. The highest BCUT2D eigenvalue weighted by molar-refractivity contribution is 6.06. The minimum atomic E-state index is -2.93. The van der Waals surface area contributed by atoms with Crippen LogP contribution in [0.2, 0.25) is 0 Å². The molecule has 0 aliphatic rings. The van der Waals surface area contributed by atoms with Gasteiger partial charge in [-0.25, -0.2) is 0 Å². The van der Waals surface area contributed by atoms with Crippen molar-refractivity contribution < 1.29 is 18.3 Å². The summed E-state index contributed by atoms with van der Waals surface area (Å²) in [5, 5.41) is 0. The summed E-state index contributed by atoms with van der Waals surface area (Å²) in [5.41, 5.74) is 7.06. The SMILES string of the molecule is CN(C(=O)c1cccc(OC(F)F)c1)c1cccc(N)c1. The van der Waals surface area contributed by atoms with Gasteiger partial charge in [0.15, 0.2) is 0 Å². The molecule has 4 nitrogen and oxygen atoms in total. The lowest BCUT2D eigenvalue weighted by Gasteiger charge is -2.18. The van der Waals surface area contributed by atoms with Crippen LogP contribution in [0, 0.1) is 0 Å². The van der Waals surface area contributed by atoms with Crippen molar-refractivity contribution in [3.8, 4) is 5.75 Å². The lowest BCUT2D eigenvalue weighted by Crippen LogP contribution is -2.26. The van der Waals surface area contributed by atoms with E-state index in [2.05, 4.69) is 4.74 Å². The monoisotopic (exact) mass is 292 g/mol. The highest BCUT2D eigenvalue weighted by Gasteiger charge is 2.15. The average Bonchev–Trinajstić information content (AvgIpc) is 2.45. The second kappa shape index (κ2) is 6.21. The Morgan fingerprint density at radius 1 is 1.19 bits per heavy atom. The molecule has 0 saturated heterocycles. The molecule has 0 bridgehead atoms. The third-order valence-electron chi connectivity index (χ3n) is 2.87. The van der Waals surface area contributed by atoms with Crippen molar-refractivity contribution in [2.75, 3.05) is 17.7 Å². The Kier molecular flexibility index (Phi) is 4.37. The molecule has 0 saturated carbocycles. The predicted molar refractivity (Wildman–Crippen MR) is 76.7 cm³/mol. The quantitative estimate of drug-likeness (QED) is 0.881. The molecule has 2 rings (SSSR count). The molecule has 0 aliphatic carbocycles. The zero-order valence-electron chi connectivity index (χ0n) is 11.3. The third-order valence-corrected chi connectivity index (χ3v) is 2.87. The molecule has 2 aromatic carbocycles. The van der Waals surface area contributed by atoms with Gasteiger partial charge in [-0.05, 0) is 36.4 Å². The lowest BCUT2D eigenvalue weighted by atomic mass is 10.1. The topological polar surface area (TPSA) is 55.6 Å². The Labute approximate surface area is 120 Å². The van der Waals surface area contributed by atoms with Gasteiger partial charge in [0.05, 0.1) is 0 Å². The minimum Gasteiger partial charge on any atom is -0.435 e. The van der Waals surface area contributed by atoms with E-state index < -0.39 is 6.61 Å². The Morgan fingerprint density at radius 3 is 2.57 bits per heavy atom. The number of benzene rings is 2. The second-order valence-electron chi connectivity index (χ2n) is 4.37. The number of amides is 1. The van der Waals surface area contributed by atoms with Gasteiger partial charge in [0.2, 0.25) is 0 Å². The van der Waals surface area contributed by atoms with Crippen LogP contribution in [-0.2, 0) is 0 Å². The molecule has 6 heteroatoms. The maximum Gasteiger partial charge on any atom is 0.387 e. The number of anilines is 2. The summed E-state index contributed by atoms with van der Waals surface area (Å²) in [4.78, 5) is 13.7. The number of nitrogens with zero attached hydrogens (tertiary/aromatic N) is 1. The summed E-state index contributed by atoms with van der Waals surface area (Å²) < 4.78 is 28.7. The second-order valence-corrected chi connectivity index (χ2v) is 4.37. The molecule has 0 radical (unpaired) electrons. The Bertz CT molecular complexity index is 647. The normalized spacial score (nSPS) is 10.5. The molecule has 0 atom stereocenters. The van der Waals surface area contributed by atoms with E-state index in [1.807, 2.05) is 0 Å². The van der Waals surface area contributed by atoms with Crippen molar-refractivity contribution in [3.05, 3.63) is 54.1 Å². The fraction of sp³-hybridized carbons (Fsp3) is 0.133. The molecular weight excluding hydrogens is 278 g/mol. The van der Waals surface area contributed by atoms with E-state index in [1.165, 1.54) is 29.2 Å². The summed E-state index contributed by atoms with van der Waals surface area (Å²) in [7, 11) is 1.58. The molecular formula is C15H14F2N2O2. The number of nitrogens with two attached hydrogens (primary N) is 1. The number of alkyl halides is 2. The number of nitrogen functional groups attached to an aromatic ring is 1. The number of hydrogen-bond acceptors (Lipinski definition) is 3. The number of carbonyl (C=O) groups is 1. The minimum absolute atomic E-state index is 0.0585. The number of halogens is 2. The van der Waals surface area contributed by atoms with Crippen molar-refractivity contribution in [2.45, 2.75) is 6.61 Å². The number of rotatable bonds is 4. The molecule has 2 aromatic rings. The predicted octanol–water partition coefficient (Wildman–Crippen LogP) is 3.15. The van der Waals surface area contributed by atoms with Crippen LogP contribution in [0.4, 0.5) is 20.2 Å². The zero-order chi connectivity index (χ0) is 15.4.